The van der Waals surface area contributed by atoms with Crippen molar-refractivity contribution in [2.75, 3.05) is 18.0 Å². The predicted molar refractivity (Wildman–Crippen MR) is 105 cm³/mol. The van der Waals surface area contributed by atoms with Gasteiger partial charge in [0, 0.05) is 36.7 Å². The van der Waals surface area contributed by atoms with Crippen LogP contribution in [0.3, 0.4) is 0 Å². The molecule has 1 aromatic carbocycles. The van der Waals surface area contributed by atoms with Gasteiger partial charge in [-0.2, -0.15) is 0 Å². The van der Waals surface area contributed by atoms with Crippen molar-refractivity contribution in [3.63, 3.8) is 0 Å². The summed E-state index contributed by atoms with van der Waals surface area (Å²) in [6, 6.07) is 4.74. The summed E-state index contributed by atoms with van der Waals surface area (Å²) < 4.78 is 5.28. The SMILES string of the molecule is CC(C)(C)OC(=O)NC1CCN(c2ccc(C(=O)C3CC3)cc2[N+](=O)[O-])CC1. The van der Waals surface area contributed by atoms with Crippen molar-refractivity contribution < 1.29 is 19.2 Å². The van der Waals surface area contributed by atoms with Gasteiger partial charge in [-0.15, -0.1) is 0 Å². The second kappa shape index (κ2) is 7.77. The lowest BCUT2D eigenvalue weighted by atomic mass is 10.0. The Kier molecular flexibility index (Phi) is 5.58. The summed E-state index contributed by atoms with van der Waals surface area (Å²) in [7, 11) is 0. The number of hydrogen-bond donors (Lipinski definition) is 1. The summed E-state index contributed by atoms with van der Waals surface area (Å²) in [5, 5.41) is 14.4. The number of nitro groups is 1. The Labute approximate surface area is 164 Å². The first-order valence-electron chi connectivity index (χ1n) is 9.71. The number of Topliss-reactive ketones (excluding diaryl/α,β-unsaturated/α-hetero) is 1. The zero-order valence-electron chi connectivity index (χ0n) is 16.6. The summed E-state index contributed by atoms with van der Waals surface area (Å²) in [6.45, 7) is 6.60. The third-order valence-corrected chi connectivity index (χ3v) is 4.96. The van der Waals surface area contributed by atoms with E-state index in [1.807, 2.05) is 25.7 Å². The molecule has 28 heavy (non-hydrogen) atoms. The third-order valence-electron chi connectivity index (χ3n) is 4.96. The number of ketones is 1. The Morgan fingerprint density at radius 2 is 1.82 bits per heavy atom. The smallest absolute Gasteiger partial charge is 0.407 e. The molecule has 1 aliphatic carbocycles. The molecule has 8 nitrogen and oxygen atoms in total. The van der Waals surface area contributed by atoms with Gasteiger partial charge in [-0.05, 0) is 58.6 Å². The molecule has 0 aromatic heterocycles. The van der Waals surface area contributed by atoms with Gasteiger partial charge in [-0.25, -0.2) is 4.79 Å². The normalized spacial score (nSPS) is 17.9. The number of nitrogens with one attached hydrogen (secondary N) is 1. The number of alkyl carbamates (subject to hydrolysis) is 1. The maximum Gasteiger partial charge on any atom is 0.407 e. The molecular weight excluding hydrogens is 362 g/mol. The maximum atomic E-state index is 12.2. The average molecular weight is 389 g/mol. The molecule has 8 heteroatoms. The molecule has 1 N–H and O–H groups in total. The van der Waals surface area contributed by atoms with Gasteiger partial charge >= 0.3 is 6.09 Å². The van der Waals surface area contributed by atoms with E-state index in [2.05, 4.69) is 5.32 Å². The number of carbonyl (C=O) groups excluding carboxylic acids is 2. The Balaban J connectivity index is 1.64. The second-order valence-corrected chi connectivity index (χ2v) is 8.51. The topological polar surface area (TPSA) is 102 Å². The monoisotopic (exact) mass is 389 g/mol. The van der Waals surface area contributed by atoms with Crippen molar-refractivity contribution in [2.24, 2.45) is 5.92 Å². The molecule has 1 aliphatic heterocycles. The number of nitro benzene ring substituents is 1. The summed E-state index contributed by atoms with van der Waals surface area (Å²) >= 11 is 0. The molecule has 1 amide bonds. The summed E-state index contributed by atoms with van der Waals surface area (Å²) in [5.74, 6) is 0.0232. The lowest BCUT2D eigenvalue weighted by Gasteiger charge is -2.34. The van der Waals surface area contributed by atoms with Crippen molar-refractivity contribution in [1.29, 1.82) is 0 Å². The van der Waals surface area contributed by atoms with Gasteiger partial charge in [0.1, 0.15) is 11.3 Å². The number of anilines is 1. The molecule has 0 spiro atoms. The Morgan fingerprint density at radius 3 is 2.36 bits per heavy atom. The van der Waals surface area contributed by atoms with E-state index in [0.29, 0.717) is 37.2 Å². The Bertz CT molecular complexity index is 775. The van der Waals surface area contributed by atoms with E-state index in [1.54, 1.807) is 12.1 Å². The van der Waals surface area contributed by atoms with Crippen LogP contribution in [0.15, 0.2) is 18.2 Å². The molecule has 0 radical (unpaired) electrons. The predicted octanol–water partition coefficient (Wildman–Crippen LogP) is 3.68. The second-order valence-electron chi connectivity index (χ2n) is 8.51. The Morgan fingerprint density at radius 1 is 1.18 bits per heavy atom. The largest absolute Gasteiger partial charge is 0.444 e. The van der Waals surface area contributed by atoms with E-state index in [1.165, 1.54) is 6.07 Å². The number of ether oxygens (including phenoxy) is 1. The molecule has 0 unspecified atom stereocenters. The highest BCUT2D eigenvalue weighted by Crippen LogP contribution is 2.36. The standard InChI is InChI=1S/C20H27N3O5/c1-20(2,3)28-19(25)21-15-8-10-22(11-9-15)16-7-6-14(12-17(16)23(26)27)18(24)13-4-5-13/h6-7,12-13,15H,4-5,8-11H2,1-3H3,(H,21,25). The van der Waals surface area contributed by atoms with Gasteiger partial charge < -0.3 is 15.0 Å². The number of carbonyl (C=O) groups is 2. The summed E-state index contributed by atoms with van der Waals surface area (Å²) in [4.78, 5) is 37.2. The molecule has 1 aromatic rings. The number of benzene rings is 1. The third kappa shape index (κ3) is 4.99. The van der Waals surface area contributed by atoms with E-state index in [9.17, 15) is 19.7 Å². The highest BCUT2D eigenvalue weighted by atomic mass is 16.6. The zero-order valence-corrected chi connectivity index (χ0v) is 16.6. The number of amides is 1. The number of hydrogen-bond acceptors (Lipinski definition) is 6. The van der Waals surface area contributed by atoms with E-state index in [-0.39, 0.29) is 23.4 Å². The fourth-order valence-corrected chi connectivity index (χ4v) is 3.41. The van der Waals surface area contributed by atoms with Crippen LogP contribution in [-0.2, 0) is 4.74 Å². The van der Waals surface area contributed by atoms with Crippen molar-refractivity contribution in [1.82, 2.24) is 5.32 Å². The Hall–Kier alpha value is -2.64. The molecule has 1 saturated carbocycles. The molecule has 152 valence electrons. The van der Waals surface area contributed by atoms with E-state index < -0.39 is 16.6 Å². The van der Waals surface area contributed by atoms with Crippen LogP contribution in [0.1, 0.15) is 56.8 Å². The maximum absolute atomic E-state index is 12.2. The number of rotatable bonds is 5. The molecule has 0 bridgehead atoms. The fraction of sp³-hybridized carbons (Fsp3) is 0.600. The zero-order chi connectivity index (χ0) is 20.5. The van der Waals surface area contributed by atoms with Crippen LogP contribution >= 0.6 is 0 Å². The summed E-state index contributed by atoms with van der Waals surface area (Å²) in [5.41, 5.74) is 0.350. The highest BCUT2D eigenvalue weighted by molar-refractivity contribution is 6.00. The van der Waals surface area contributed by atoms with Gasteiger partial charge in [0.2, 0.25) is 0 Å². The van der Waals surface area contributed by atoms with Gasteiger partial charge in [-0.3, -0.25) is 14.9 Å². The van der Waals surface area contributed by atoms with Crippen molar-refractivity contribution in [2.45, 2.75) is 58.1 Å². The van der Waals surface area contributed by atoms with E-state index >= 15 is 0 Å². The first-order chi connectivity index (χ1) is 13.1. The molecular formula is C20H27N3O5. The van der Waals surface area contributed by atoms with E-state index in [4.69, 9.17) is 4.74 Å². The number of nitrogens with zero attached hydrogens (tertiary/aromatic N) is 2. The molecule has 0 atom stereocenters. The molecule has 2 fully saturated rings. The molecule has 1 saturated heterocycles. The highest BCUT2D eigenvalue weighted by Gasteiger charge is 2.33. The summed E-state index contributed by atoms with van der Waals surface area (Å²) in [6.07, 6.45) is 2.62. The lowest BCUT2D eigenvalue weighted by Crippen LogP contribution is -2.46. The van der Waals surface area contributed by atoms with Crippen molar-refractivity contribution in [3.05, 3.63) is 33.9 Å². The van der Waals surface area contributed by atoms with Crippen LogP contribution in [0.2, 0.25) is 0 Å². The first-order valence-corrected chi connectivity index (χ1v) is 9.71. The van der Waals surface area contributed by atoms with Crippen LogP contribution in [0.5, 0.6) is 0 Å². The molecule has 2 aliphatic rings. The first kappa shape index (κ1) is 20.1. The quantitative estimate of drug-likeness (QED) is 0.468. The minimum absolute atomic E-state index is 0.00470. The molecule has 1 heterocycles. The lowest BCUT2D eigenvalue weighted by molar-refractivity contribution is -0.384. The van der Waals surface area contributed by atoms with Gasteiger partial charge in [0.15, 0.2) is 5.78 Å². The van der Waals surface area contributed by atoms with Crippen LogP contribution < -0.4 is 10.2 Å². The van der Waals surface area contributed by atoms with E-state index in [0.717, 1.165) is 12.8 Å². The molecule has 3 rings (SSSR count). The van der Waals surface area contributed by atoms with Crippen molar-refractivity contribution >= 4 is 23.3 Å². The van der Waals surface area contributed by atoms with Gasteiger partial charge in [0.25, 0.3) is 5.69 Å². The van der Waals surface area contributed by atoms with Crippen LogP contribution in [0.4, 0.5) is 16.2 Å². The van der Waals surface area contributed by atoms with Crippen molar-refractivity contribution in [3.8, 4) is 0 Å². The fourth-order valence-electron chi connectivity index (χ4n) is 3.41. The van der Waals surface area contributed by atoms with Gasteiger partial charge in [0.05, 0.1) is 4.92 Å². The number of piperidine rings is 1. The minimum Gasteiger partial charge on any atom is -0.444 e. The van der Waals surface area contributed by atoms with Gasteiger partial charge in [-0.1, -0.05) is 0 Å². The average Bonchev–Trinajstić information content (AvgIpc) is 3.44. The van der Waals surface area contributed by atoms with Crippen LogP contribution in [0, 0.1) is 16.0 Å². The minimum atomic E-state index is -0.551. The van der Waals surface area contributed by atoms with Crippen LogP contribution in [-0.4, -0.2) is 41.5 Å². The van der Waals surface area contributed by atoms with Crippen LogP contribution in [0.25, 0.3) is 0 Å².